The highest BCUT2D eigenvalue weighted by Gasteiger charge is 2.46. The quantitative estimate of drug-likeness (QED) is 0.638. The number of piperazine rings is 1. The van der Waals surface area contributed by atoms with E-state index in [1.54, 1.807) is 4.90 Å². The van der Waals surface area contributed by atoms with E-state index in [0.29, 0.717) is 18.8 Å². The number of halogens is 3. The van der Waals surface area contributed by atoms with E-state index in [2.05, 4.69) is 13.8 Å². The average molecular weight is 379 g/mol. The number of rotatable bonds is 7. The maximum absolute atomic E-state index is 13.4. The van der Waals surface area contributed by atoms with Crippen LogP contribution in [0.5, 0.6) is 0 Å². The minimum absolute atomic E-state index is 0.0629. The van der Waals surface area contributed by atoms with Gasteiger partial charge in [-0.25, -0.2) is 0 Å². The second kappa shape index (κ2) is 9.74. The lowest BCUT2D eigenvalue weighted by Crippen LogP contribution is -2.60. The van der Waals surface area contributed by atoms with Gasteiger partial charge in [-0.3, -0.25) is 4.90 Å². The van der Waals surface area contributed by atoms with Gasteiger partial charge in [-0.2, -0.15) is 13.2 Å². The lowest BCUT2D eigenvalue weighted by Gasteiger charge is -2.44. The molecule has 1 saturated carbocycles. The zero-order chi connectivity index (χ0) is 19.3. The van der Waals surface area contributed by atoms with Gasteiger partial charge >= 0.3 is 6.18 Å². The molecule has 1 atom stereocenters. The summed E-state index contributed by atoms with van der Waals surface area (Å²) in [6.45, 7) is 10.1. The van der Waals surface area contributed by atoms with Crippen LogP contribution >= 0.6 is 0 Å². The molecule has 0 aromatic rings. The van der Waals surface area contributed by atoms with Gasteiger partial charge < -0.3 is 9.64 Å². The van der Waals surface area contributed by atoms with E-state index in [1.807, 2.05) is 18.7 Å². The van der Waals surface area contributed by atoms with Crippen LogP contribution in [0.15, 0.2) is 0 Å². The van der Waals surface area contributed by atoms with Gasteiger partial charge in [0, 0.05) is 25.7 Å². The van der Waals surface area contributed by atoms with Gasteiger partial charge in [-0.15, -0.1) is 0 Å². The third-order valence-corrected chi connectivity index (χ3v) is 5.89. The smallest absolute Gasteiger partial charge is 0.376 e. The number of alkyl halides is 3. The van der Waals surface area contributed by atoms with E-state index in [9.17, 15) is 13.2 Å². The third-order valence-electron chi connectivity index (χ3n) is 5.89. The van der Waals surface area contributed by atoms with Crippen molar-refractivity contribution >= 4 is 0 Å². The van der Waals surface area contributed by atoms with Gasteiger partial charge in [0.25, 0.3) is 0 Å². The van der Waals surface area contributed by atoms with Crippen LogP contribution in [0.1, 0.15) is 66.2 Å². The highest BCUT2D eigenvalue weighted by molar-refractivity contribution is 4.89. The predicted molar refractivity (Wildman–Crippen MR) is 99.3 cm³/mol. The van der Waals surface area contributed by atoms with Crippen LogP contribution in [0, 0.1) is 5.92 Å². The molecule has 0 bridgehead atoms. The Morgan fingerprint density at radius 2 is 1.65 bits per heavy atom. The molecule has 1 aliphatic heterocycles. The molecule has 3 nitrogen and oxygen atoms in total. The van der Waals surface area contributed by atoms with Crippen LogP contribution in [-0.2, 0) is 4.74 Å². The summed E-state index contributed by atoms with van der Waals surface area (Å²) in [4.78, 5) is 3.62. The summed E-state index contributed by atoms with van der Waals surface area (Å²) >= 11 is 0. The first-order chi connectivity index (χ1) is 12.2. The zero-order valence-corrected chi connectivity index (χ0v) is 16.9. The van der Waals surface area contributed by atoms with E-state index in [-0.39, 0.29) is 12.6 Å². The summed E-state index contributed by atoms with van der Waals surface area (Å²) in [7, 11) is 0. The molecule has 26 heavy (non-hydrogen) atoms. The molecule has 0 radical (unpaired) electrons. The van der Waals surface area contributed by atoms with Crippen molar-refractivity contribution in [2.75, 3.05) is 26.2 Å². The Balaban J connectivity index is 1.70. The number of hydrogen-bond acceptors (Lipinski definition) is 3. The number of nitrogens with zero attached hydrogens (tertiary/aromatic N) is 2. The third kappa shape index (κ3) is 6.68. The molecule has 6 heteroatoms. The van der Waals surface area contributed by atoms with Crippen molar-refractivity contribution in [2.24, 2.45) is 5.92 Å². The van der Waals surface area contributed by atoms with Crippen molar-refractivity contribution in [3.63, 3.8) is 0 Å². The highest BCUT2D eigenvalue weighted by atomic mass is 19.4. The summed E-state index contributed by atoms with van der Waals surface area (Å²) in [5, 5.41) is 0. The van der Waals surface area contributed by atoms with E-state index in [4.69, 9.17) is 4.74 Å². The minimum Gasteiger partial charge on any atom is -0.376 e. The first kappa shape index (κ1) is 22.0. The van der Waals surface area contributed by atoms with Crippen LogP contribution in [0.2, 0.25) is 0 Å². The largest absolute Gasteiger partial charge is 0.405 e. The molecule has 2 rings (SSSR count). The first-order valence-corrected chi connectivity index (χ1v) is 10.4. The van der Waals surface area contributed by atoms with Crippen molar-refractivity contribution in [1.29, 1.82) is 0 Å². The van der Waals surface area contributed by atoms with E-state index in [1.165, 1.54) is 12.8 Å². The molecule has 0 aromatic carbocycles. The number of hydrogen-bond donors (Lipinski definition) is 0. The summed E-state index contributed by atoms with van der Waals surface area (Å²) in [5.41, 5.74) is 0. The molecule has 0 spiro atoms. The van der Waals surface area contributed by atoms with Crippen LogP contribution < -0.4 is 0 Å². The molecule has 0 N–H and O–H groups in total. The van der Waals surface area contributed by atoms with Gasteiger partial charge in [-0.05, 0) is 78.7 Å². The first-order valence-electron chi connectivity index (χ1n) is 10.4. The zero-order valence-electron chi connectivity index (χ0n) is 16.9. The molecular formula is C20H37F3N2O. The van der Waals surface area contributed by atoms with Crippen molar-refractivity contribution in [3.05, 3.63) is 0 Å². The molecule has 0 aromatic heterocycles. The van der Waals surface area contributed by atoms with E-state index in [0.717, 1.165) is 44.7 Å². The van der Waals surface area contributed by atoms with Crippen LogP contribution in [0.3, 0.4) is 0 Å². The molecule has 1 saturated heterocycles. The standard InChI is InChI=1S/C20H37F3N2O/c1-15(2)25-13-12-24(14-19(25)20(21,22)23)11-5-6-17-7-9-18(10-8-17)26-16(3)4/h15-19H,5-14H2,1-4H3/t17?,18?,19-/m0/s1. The summed E-state index contributed by atoms with van der Waals surface area (Å²) < 4.78 is 46.0. The van der Waals surface area contributed by atoms with Crippen molar-refractivity contribution in [1.82, 2.24) is 9.80 Å². The van der Waals surface area contributed by atoms with E-state index >= 15 is 0 Å². The van der Waals surface area contributed by atoms with Crippen molar-refractivity contribution in [2.45, 2.75) is 96.7 Å². The molecule has 0 amide bonds. The predicted octanol–water partition coefficient (Wildman–Crippen LogP) is 4.71. The second-order valence-electron chi connectivity index (χ2n) is 8.66. The SMILES string of the molecule is CC(C)OC1CCC(CCCN2CCN(C(C)C)[C@H](C(F)(F)F)C2)CC1. The van der Waals surface area contributed by atoms with Crippen LogP contribution in [-0.4, -0.2) is 66.4 Å². The Kier molecular flexibility index (Phi) is 8.23. The molecule has 0 unspecified atom stereocenters. The Morgan fingerprint density at radius 3 is 2.19 bits per heavy atom. The molecule has 2 fully saturated rings. The second-order valence-corrected chi connectivity index (χ2v) is 8.66. The van der Waals surface area contributed by atoms with Gasteiger partial charge in [0.2, 0.25) is 0 Å². The summed E-state index contributed by atoms with van der Waals surface area (Å²) in [5.74, 6) is 0.720. The highest BCUT2D eigenvalue weighted by Crippen LogP contribution is 2.31. The molecule has 1 aliphatic carbocycles. The Morgan fingerprint density at radius 1 is 1.00 bits per heavy atom. The Labute approximate surface area is 157 Å². The Hall–Kier alpha value is -0.330. The van der Waals surface area contributed by atoms with Gasteiger partial charge in [-0.1, -0.05) is 0 Å². The maximum atomic E-state index is 13.4. The lowest BCUT2D eigenvalue weighted by atomic mass is 9.84. The summed E-state index contributed by atoms with van der Waals surface area (Å²) in [6, 6.07) is -1.38. The fourth-order valence-corrected chi connectivity index (χ4v) is 4.51. The number of ether oxygens (including phenoxy) is 1. The minimum atomic E-state index is -4.14. The normalized spacial score (nSPS) is 29.7. The molecule has 1 heterocycles. The fraction of sp³-hybridized carbons (Fsp3) is 1.00. The van der Waals surface area contributed by atoms with Gasteiger partial charge in [0.15, 0.2) is 0 Å². The van der Waals surface area contributed by atoms with Gasteiger partial charge in [0.1, 0.15) is 6.04 Å². The topological polar surface area (TPSA) is 15.7 Å². The van der Waals surface area contributed by atoms with Gasteiger partial charge in [0.05, 0.1) is 12.2 Å². The molecule has 2 aliphatic rings. The maximum Gasteiger partial charge on any atom is 0.405 e. The van der Waals surface area contributed by atoms with Crippen LogP contribution in [0.4, 0.5) is 13.2 Å². The van der Waals surface area contributed by atoms with E-state index < -0.39 is 12.2 Å². The lowest BCUT2D eigenvalue weighted by molar-refractivity contribution is -0.202. The monoisotopic (exact) mass is 378 g/mol. The Bertz CT molecular complexity index is 406. The van der Waals surface area contributed by atoms with Crippen molar-refractivity contribution in [3.8, 4) is 0 Å². The molecule has 154 valence electrons. The fourth-order valence-electron chi connectivity index (χ4n) is 4.51. The summed E-state index contributed by atoms with van der Waals surface area (Å²) in [6.07, 6.45) is 3.36. The average Bonchev–Trinajstić information content (AvgIpc) is 2.55. The molecular weight excluding hydrogens is 341 g/mol. The van der Waals surface area contributed by atoms with Crippen LogP contribution in [0.25, 0.3) is 0 Å². The van der Waals surface area contributed by atoms with Crippen molar-refractivity contribution < 1.29 is 17.9 Å².